The van der Waals surface area contributed by atoms with Crippen molar-refractivity contribution in [1.82, 2.24) is 5.32 Å². The van der Waals surface area contributed by atoms with Crippen molar-refractivity contribution in [2.75, 3.05) is 27.9 Å². The smallest absolute Gasteiger partial charge is 0.331 e. The van der Waals surface area contributed by atoms with Crippen LogP contribution in [0.3, 0.4) is 0 Å². The van der Waals surface area contributed by atoms with Gasteiger partial charge in [-0.2, -0.15) is 0 Å². The number of hydrogen-bond acceptors (Lipinski definition) is 6. The van der Waals surface area contributed by atoms with E-state index < -0.39 is 5.97 Å². The zero-order valence-electron chi connectivity index (χ0n) is 17.0. The summed E-state index contributed by atoms with van der Waals surface area (Å²) in [5, 5.41) is 2.72. The maximum Gasteiger partial charge on any atom is 0.331 e. The highest BCUT2D eigenvalue weighted by Gasteiger charge is 2.12. The van der Waals surface area contributed by atoms with Crippen LogP contribution in [0.5, 0.6) is 17.2 Å². The van der Waals surface area contributed by atoms with E-state index in [1.165, 1.54) is 33.5 Å². The minimum atomic E-state index is -0.634. The average molecular weight is 399 g/mol. The second kappa shape index (κ2) is 10.8. The van der Waals surface area contributed by atoms with Gasteiger partial charge < -0.3 is 24.3 Å². The molecule has 0 atom stereocenters. The number of hydrogen-bond donors (Lipinski definition) is 1. The second-order valence-electron chi connectivity index (χ2n) is 6.10. The molecule has 0 aromatic heterocycles. The van der Waals surface area contributed by atoms with Gasteiger partial charge in [-0.3, -0.25) is 4.79 Å². The predicted octanol–water partition coefficient (Wildman–Crippen LogP) is 2.89. The summed E-state index contributed by atoms with van der Waals surface area (Å²) in [5.74, 6) is 0.388. The first-order valence-corrected chi connectivity index (χ1v) is 8.94. The van der Waals surface area contributed by atoms with Crippen molar-refractivity contribution in [3.8, 4) is 17.2 Å². The fourth-order valence-electron chi connectivity index (χ4n) is 2.60. The Morgan fingerprint density at radius 2 is 1.66 bits per heavy atom. The lowest BCUT2D eigenvalue weighted by Crippen LogP contribution is -2.28. The van der Waals surface area contributed by atoms with Gasteiger partial charge in [-0.15, -0.1) is 0 Å². The van der Waals surface area contributed by atoms with E-state index in [1.807, 2.05) is 31.2 Å². The summed E-state index contributed by atoms with van der Waals surface area (Å²) in [4.78, 5) is 23.8. The molecule has 2 aromatic carbocycles. The van der Waals surface area contributed by atoms with E-state index in [9.17, 15) is 9.59 Å². The van der Waals surface area contributed by atoms with Gasteiger partial charge in [0.15, 0.2) is 18.1 Å². The molecule has 0 saturated heterocycles. The number of rotatable bonds is 9. The molecule has 29 heavy (non-hydrogen) atoms. The first-order chi connectivity index (χ1) is 14.0. The van der Waals surface area contributed by atoms with Crippen LogP contribution in [0.15, 0.2) is 42.5 Å². The number of benzene rings is 2. The molecule has 0 heterocycles. The second-order valence-corrected chi connectivity index (χ2v) is 6.10. The Hall–Kier alpha value is -3.48. The average Bonchev–Trinajstić information content (AvgIpc) is 2.74. The number of esters is 1. The Balaban J connectivity index is 1.89. The Bertz CT molecular complexity index is 866. The molecule has 1 amide bonds. The van der Waals surface area contributed by atoms with Gasteiger partial charge in [0, 0.05) is 12.6 Å². The number of carbonyl (C=O) groups is 2. The third kappa shape index (κ3) is 6.27. The molecule has 0 spiro atoms. The van der Waals surface area contributed by atoms with Crippen molar-refractivity contribution in [3.05, 3.63) is 59.2 Å². The van der Waals surface area contributed by atoms with E-state index in [0.717, 1.165) is 11.1 Å². The summed E-state index contributed by atoms with van der Waals surface area (Å²) in [6.07, 6.45) is 2.77. The predicted molar refractivity (Wildman–Crippen MR) is 109 cm³/mol. The molecule has 0 aliphatic carbocycles. The van der Waals surface area contributed by atoms with E-state index in [2.05, 4.69) is 5.32 Å². The van der Waals surface area contributed by atoms with Gasteiger partial charge in [0.25, 0.3) is 5.91 Å². The fourth-order valence-corrected chi connectivity index (χ4v) is 2.60. The van der Waals surface area contributed by atoms with Crippen LogP contribution in [0, 0.1) is 6.92 Å². The number of aryl methyl sites for hydroxylation is 1. The molecule has 2 aromatic rings. The SMILES string of the molecule is COc1cc(/C=C/C(=O)OCC(=O)NCc2ccccc2C)cc(OC)c1OC. The molecule has 1 N–H and O–H groups in total. The van der Waals surface area contributed by atoms with Gasteiger partial charge in [0.1, 0.15) is 0 Å². The molecule has 0 radical (unpaired) electrons. The van der Waals surface area contributed by atoms with E-state index in [0.29, 0.717) is 29.4 Å². The maximum atomic E-state index is 11.9. The van der Waals surface area contributed by atoms with Crippen LogP contribution >= 0.6 is 0 Å². The Morgan fingerprint density at radius 3 is 2.24 bits per heavy atom. The summed E-state index contributed by atoms with van der Waals surface area (Å²) in [6.45, 7) is 1.99. The Labute approximate surface area is 170 Å². The van der Waals surface area contributed by atoms with Crippen LogP contribution in [0.25, 0.3) is 6.08 Å². The van der Waals surface area contributed by atoms with Crippen LogP contribution in [0.1, 0.15) is 16.7 Å². The molecule has 0 aliphatic rings. The first kappa shape index (κ1) is 21.8. The summed E-state index contributed by atoms with van der Waals surface area (Å²) in [5.41, 5.74) is 2.74. The zero-order valence-corrected chi connectivity index (χ0v) is 17.0. The third-order valence-electron chi connectivity index (χ3n) is 4.18. The van der Waals surface area contributed by atoms with Crippen LogP contribution in [-0.4, -0.2) is 39.8 Å². The van der Waals surface area contributed by atoms with E-state index >= 15 is 0 Å². The highest BCUT2D eigenvalue weighted by atomic mass is 16.5. The largest absolute Gasteiger partial charge is 0.493 e. The maximum absolute atomic E-state index is 11.9. The molecule has 0 fully saturated rings. The topological polar surface area (TPSA) is 83.1 Å². The van der Waals surface area contributed by atoms with E-state index in [4.69, 9.17) is 18.9 Å². The third-order valence-corrected chi connectivity index (χ3v) is 4.18. The molecule has 0 saturated carbocycles. The minimum Gasteiger partial charge on any atom is -0.493 e. The number of ether oxygens (including phenoxy) is 4. The molecule has 0 unspecified atom stereocenters. The van der Waals surface area contributed by atoms with Crippen molar-refractivity contribution in [2.45, 2.75) is 13.5 Å². The van der Waals surface area contributed by atoms with Gasteiger partial charge in [0.2, 0.25) is 5.75 Å². The number of carbonyl (C=O) groups excluding carboxylic acids is 2. The van der Waals surface area contributed by atoms with Crippen molar-refractivity contribution in [3.63, 3.8) is 0 Å². The van der Waals surface area contributed by atoms with Gasteiger partial charge in [-0.05, 0) is 41.8 Å². The monoisotopic (exact) mass is 399 g/mol. The molecule has 2 rings (SSSR count). The summed E-state index contributed by atoms with van der Waals surface area (Å²) >= 11 is 0. The number of nitrogens with one attached hydrogen (secondary N) is 1. The molecule has 154 valence electrons. The van der Waals surface area contributed by atoms with Crippen molar-refractivity contribution in [2.24, 2.45) is 0 Å². The van der Waals surface area contributed by atoms with Gasteiger partial charge in [-0.1, -0.05) is 24.3 Å². The first-order valence-electron chi connectivity index (χ1n) is 8.94. The molecule has 0 aliphatic heterocycles. The molecule has 7 nitrogen and oxygen atoms in total. The van der Waals surface area contributed by atoms with E-state index in [1.54, 1.807) is 12.1 Å². The van der Waals surface area contributed by atoms with Crippen LogP contribution in [-0.2, 0) is 20.9 Å². The summed E-state index contributed by atoms with van der Waals surface area (Å²) in [6, 6.07) is 11.1. The van der Waals surface area contributed by atoms with Crippen LogP contribution in [0.2, 0.25) is 0 Å². The van der Waals surface area contributed by atoms with Crippen LogP contribution < -0.4 is 19.5 Å². The van der Waals surface area contributed by atoms with Crippen molar-refractivity contribution in [1.29, 1.82) is 0 Å². The summed E-state index contributed by atoms with van der Waals surface area (Å²) in [7, 11) is 4.53. The number of amides is 1. The van der Waals surface area contributed by atoms with Gasteiger partial charge >= 0.3 is 5.97 Å². The Kier molecular flexibility index (Phi) is 8.09. The van der Waals surface area contributed by atoms with Crippen LogP contribution in [0.4, 0.5) is 0 Å². The van der Waals surface area contributed by atoms with Crippen molar-refractivity contribution >= 4 is 18.0 Å². The number of methoxy groups -OCH3 is 3. The molecular weight excluding hydrogens is 374 g/mol. The minimum absolute atomic E-state index is 0.357. The lowest BCUT2D eigenvalue weighted by molar-refractivity contribution is -0.143. The fraction of sp³-hybridized carbons (Fsp3) is 0.273. The summed E-state index contributed by atoms with van der Waals surface area (Å²) < 4.78 is 20.8. The highest BCUT2D eigenvalue weighted by Crippen LogP contribution is 2.38. The Morgan fingerprint density at radius 1 is 1.00 bits per heavy atom. The molecule has 7 heteroatoms. The normalized spacial score (nSPS) is 10.5. The van der Waals surface area contributed by atoms with E-state index in [-0.39, 0.29) is 12.5 Å². The van der Waals surface area contributed by atoms with Gasteiger partial charge in [0.05, 0.1) is 21.3 Å². The standard InChI is InChI=1S/C22H25NO6/c1-15-7-5-6-8-17(15)13-23-20(24)14-29-21(25)10-9-16-11-18(26-2)22(28-4)19(12-16)27-3/h5-12H,13-14H2,1-4H3,(H,23,24)/b10-9+. The zero-order chi connectivity index (χ0) is 21.2. The lowest BCUT2D eigenvalue weighted by Gasteiger charge is -2.12. The molecule has 0 bridgehead atoms. The molecular formula is C22H25NO6. The van der Waals surface area contributed by atoms with Gasteiger partial charge in [-0.25, -0.2) is 4.79 Å². The van der Waals surface area contributed by atoms with Crippen molar-refractivity contribution < 1.29 is 28.5 Å². The highest BCUT2D eigenvalue weighted by molar-refractivity contribution is 5.89. The lowest BCUT2D eigenvalue weighted by atomic mass is 10.1. The quantitative estimate of drug-likeness (QED) is 0.516.